The van der Waals surface area contributed by atoms with Crippen LogP contribution in [0.4, 0.5) is 5.82 Å². The highest BCUT2D eigenvalue weighted by atomic mass is 127. The molecule has 0 aliphatic rings. The van der Waals surface area contributed by atoms with Crippen molar-refractivity contribution in [3.63, 3.8) is 0 Å². The molecule has 3 N–H and O–H groups in total. The third-order valence-corrected chi connectivity index (χ3v) is 2.68. The summed E-state index contributed by atoms with van der Waals surface area (Å²) < 4.78 is 1.81. The smallest absolute Gasteiger partial charge is 0.194 e. The Labute approximate surface area is 129 Å². The summed E-state index contributed by atoms with van der Waals surface area (Å²) >= 11 is 0. The lowest BCUT2D eigenvalue weighted by Crippen LogP contribution is -2.23. The Kier molecular flexibility index (Phi) is 5.74. The first-order chi connectivity index (χ1) is 8.66. The monoisotopic (exact) mass is 372 g/mol. The minimum atomic E-state index is 0. The highest BCUT2D eigenvalue weighted by molar-refractivity contribution is 14.0. The largest absolute Gasteiger partial charge is 0.370 e. The van der Waals surface area contributed by atoms with E-state index in [0.29, 0.717) is 18.3 Å². The second-order valence-electron chi connectivity index (χ2n) is 3.92. The maximum atomic E-state index is 5.78. The fourth-order valence-corrected chi connectivity index (χ4v) is 1.48. The molecule has 0 bridgehead atoms. The zero-order chi connectivity index (χ0) is 13.0. The molecule has 19 heavy (non-hydrogen) atoms. The van der Waals surface area contributed by atoms with Gasteiger partial charge < -0.3 is 11.1 Å². The van der Waals surface area contributed by atoms with Crippen molar-refractivity contribution in [2.45, 2.75) is 13.5 Å². The standard InChI is InChI=1S/C12H16N6.HI/c1-9-10(8-16-18(9)2)7-15-12(13)17-11-5-3-4-6-14-11;/h3-6,8H,7H2,1-2H3,(H3,13,14,15,17);1H. The lowest BCUT2D eigenvalue weighted by atomic mass is 10.3. The number of guanidine groups is 1. The van der Waals surface area contributed by atoms with Crippen molar-refractivity contribution < 1.29 is 0 Å². The van der Waals surface area contributed by atoms with Crippen LogP contribution >= 0.6 is 24.0 Å². The summed E-state index contributed by atoms with van der Waals surface area (Å²) in [5, 5.41) is 7.08. The second-order valence-corrected chi connectivity index (χ2v) is 3.92. The minimum absolute atomic E-state index is 0. The second kappa shape index (κ2) is 7.07. The van der Waals surface area contributed by atoms with Crippen molar-refractivity contribution in [1.82, 2.24) is 14.8 Å². The van der Waals surface area contributed by atoms with Gasteiger partial charge in [-0.1, -0.05) is 6.07 Å². The van der Waals surface area contributed by atoms with Gasteiger partial charge in [-0.25, -0.2) is 9.98 Å². The molecule has 0 saturated heterocycles. The Bertz CT molecular complexity index is 549. The van der Waals surface area contributed by atoms with Crippen LogP contribution in [0.25, 0.3) is 0 Å². The number of aromatic nitrogens is 3. The topological polar surface area (TPSA) is 81.1 Å². The van der Waals surface area contributed by atoms with Gasteiger partial charge in [-0.2, -0.15) is 5.10 Å². The lowest BCUT2D eigenvalue weighted by Gasteiger charge is -2.03. The van der Waals surface area contributed by atoms with E-state index in [9.17, 15) is 0 Å². The molecule has 6 nitrogen and oxygen atoms in total. The van der Waals surface area contributed by atoms with Gasteiger partial charge in [-0.15, -0.1) is 24.0 Å². The highest BCUT2D eigenvalue weighted by Gasteiger charge is 2.02. The molecule has 0 saturated carbocycles. The molecule has 0 aliphatic carbocycles. The molecule has 102 valence electrons. The van der Waals surface area contributed by atoms with Crippen molar-refractivity contribution in [3.8, 4) is 0 Å². The van der Waals surface area contributed by atoms with Gasteiger partial charge in [0.15, 0.2) is 5.96 Å². The molecule has 2 rings (SSSR count). The maximum absolute atomic E-state index is 5.78. The molecule has 0 spiro atoms. The number of hydrogen-bond donors (Lipinski definition) is 2. The Hall–Kier alpha value is -1.64. The molecule has 0 atom stereocenters. The maximum Gasteiger partial charge on any atom is 0.194 e. The quantitative estimate of drug-likeness (QED) is 0.488. The molecule has 0 amide bonds. The Balaban J connectivity index is 0.00000180. The molecule has 7 heteroatoms. The molecule has 0 aromatic carbocycles. The molecule has 2 aromatic heterocycles. The van der Waals surface area contributed by atoms with Gasteiger partial charge >= 0.3 is 0 Å². The third-order valence-electron chi connectivity index (χ3n) is 2.68. The number of halogens is 1. The number of hydrogen-bond acceptors (Lipinski definition) is 3. The van der Waals surface area contributed by atoms with Crippen LogP contribution in [0.1, 0.15) is 11.3 Å². The fourth-order valence-electron chi connectivity index (χ4n) is 1.48. The number of aryl methyl sites for hydroxylation is 1. The number of rotatable bonds is 3. The van der Waals surface area contributed by atoms with Crippen LogP contribution in [-0.4, -0.2) is 20.7 Å². The zero-order valence-corrected chi connectivity index (χ0v) is 13.2. The number of aliphatic imine (C=N–C) groups is 1. The van der Waals surface area contributed by atoms with E-state index in [-0.39, 0.29) is 24.0 Å². The molecular formula is C12H17IN6. The summed E-state index contributed by atoms with van der Waals surface area (Å²) in [7, 11) is 1.90. The third kappa shape index (κ3) is 4.19. The van der Waals surface area contributed by atoms with Gasteiger partial charge in [0.25, 0.3) is 0 Å². The van der Waals surface area contributed by atoms with Gasteiger partial charge in [0.1, 0.15) is 5.82 Å². The summed E-state index contributed by atoms with van der Waals surface area (Å²) in [5.74, 6) is 1.03. The van der Waals surface area contributed by atoms with Gasteiger partial charge in [-0.3, -0.25) is 4.68 Å². The van der Waals surface area contributed by atoms with Gasteiger partial charge in [0, 0.05) is 24.5 Å². The lowest BCUT2D eigenvalue weighted by molar-refractivity contribution is 0.737. The first-order valence-electron chi connectivity index (χ1n) is 5.62. The van der Waals surface area contributed by atoms with E-state index < -0.39 is 0 Å². The predicted octanol–water partition coefficient (Wildman–Crippen LogP) is 1.67. The first kappa shape index (κ1) is 15.4. The average molecular weight is 372 g/mol. The molecular weight excluding hydrogens is 355 g/mol. The van der Waals surface area contributed by atoms with Crippen molar-refractivity contribution >= 4 is 35.8 Å². The Morgan fingerprint density at radius 1 is 1.47 bits per heavy atom. The molecule has 0 unspecified atom stereocenters. The number of anilines is 1. The van der Waals surface area contributed by atoms with Crippen molar-refractivity contribution in [1.29, 1.82) is 0 Å². The SMILES string of the molecule is Cc1c(CN=C(N)Nc2ccccn2)cnn1C.I. The molecule has 2 aromatic rings. The van der Waals surface area contributed by atoms with Crippen molar-refractivity contribution in [2.24, 2.45) is 17.8 Å². The summed E-state index contributed by atoms with van der Waals surface area (Å²) in [5.41, 5.74) is 7.93. The average Bonchev–Trinajstić information content (AvgIpc) is 2.69. The minimum Gasteiger partial charge on any atom is -0.370 e. The van der Waals surface area contributed by atoms with Crippen LogP contribution in [0.5, 0.6) is 0 Å². The normalized spacial score (nSPS) is 10.9. The van der Waals surface area contributed by atoms with Crippen LogP contribution < -0.4 is 11.1 Å². The number of nitrogens with zero attached hydrogens (tertiary/aromatic N) is 4. The van der Waals surface area contributed by atoms with Crippen LogP contribution in [0.3, 0.4) is 0 Å². The highest BCUT2D eigenvalue weighted by Crippen LogP contribution is 2.07. The molecule has 2 heterocycles. The van der Waals surface area contributed by atoms with Crippen molar-refractivity contribution in [2.75, 3.05) is 5.32 Å². The Morgan fingerprint density at radius 3 is 2.84 bits per heavy atom. The van der Waals surface area contributed by atoms with Crippen molar-refractivity contribution in [3.05, 3.63) is 41.9 Å². The van der Waals surface area contributed by atoms with Crippen LogP contribution in [0, 0.1) is 6.92 Å². The number of nitrogens with one attached hydrogen (secondary N) is 1. The predicted molar refractivity (Wildman–Crippen MR) is 86.5 cm³/mol. The van der Waals surface area contributed by atoms with E-state index in [1.165, 1.54) is 0 Å². The number of nitrogens with two attached hydrogens (primary N) is 1. The van der Waals surface area contributed by atoms with Gasteiger partial charge in [-0.05, 0) is 19.1 Å². The summed E-state index contributed by atoms with van der Waals surface area (Å²) in [6.45, 7) is 2.51. The van der Waals surface area contributed by atoms with Gasteiger partial charge in [0.2, 0.25) is 0 Å². The fraction of sp³-hybridized carbons (Fsp3) is 0.250. The summed E-state index contributed by atoms with van der Waals surface area (Å²) in [6.07, 6.45) is 3.49. The molecule has 0 aliphatic heterocycles. The van der Waals surface area contributed by atoms with Crippen LogP contribution in [-0.2, 0) is 13.6 Å². The number of pyridine rings is 1. The van der Waals surface area contributed by atoms with E-state index in [0.717, 1.165) is 11.3 Å². The Morgan fingerprint density at radius 2 is 2.26 bits per heavy atom. The first-order valence-corrected chi connectivity index (χ1v) is 5.62. The van der Waals surface area contributed by atoms with E-state index in [1.54, 1.807) is 12.4 Å². The van der Waals surface area contributed by atoms with Crippen LogP contribution in [0.2, 0.25) is 0 Å². The zero-order valence-electron chi connectivity index (χ0n) is 10.9. The van der Waals surface area contributed by atoms with Gasteiger partial charge in [0.05, 0.1) is 12.7 Å². The molecule has 0 fully saturated rings. The molecule has 0 radical (unpaired) electrons. The summed E-state index contributed by atoms with van der Waals surface area (Å²) in [6, 6.07) is 5.56. The van der Waals surface area contributed by atoms with Crippen LogP contribution in [0.15, 0.2) is 35.6 Å². The summed E-state index contributed by atoms with van der Waals surface area (Å²) in [4.78, 5) is 8.36. The van der Waals surface area contributed by atoms with E-state index in [4.69, 9.17) is 5.73 Å². The van der Waals surface area contributed by atoms with E-state index in [1.807, 2.05) is 36.9 Å². The van der Waals surface area contributed by atoms with E-state index in [2.05, 4.69) is 20.4 Å². The van der Waals surface area contributed by atoms with E-state index >= 15 is 0 Å².